The van der Waals surface area contributed by atoms with Crippen molar-refractivity contribution in [3.8, 4) is 0 Å². The minimum absolute atomic E-state index is 0.318. The van der Waals surface area contributed by atoms with Crippen LogP contribution in [0.4, 0.5) is 5.69 Å². The Hall–Kier alpha value is -0.260. The number of benzene rings is 1. The molecule has 7 heteroatoms. The maximum absolute atomic E-state index is 11.9. The lowest BCUT2D eigenvalue weighted by atomic mass is 10.3. The zero-order valence-corrected chi connectivity index (χ0v) is 13.3. The summed E-state index contributed by atoms with van der Waals surface area (Å²) in [5.74, 6) is -0.318. The second-order valence-electron chi connectivity index (χ2n) is 3.32. The van der Waals surface area contributed by atoms with Gasteiger partial charge in [0.15, 0.2) is 0 Å². The normalized spacial score (nSPS) is 10.4. The van der Waals surface area contributed by atoms with Crippen LogP contribution in [0, 0.1) is 0 Å². The number of halogens is 4. The molecule has 0 saturated carbocycles. The van der Waals surface area contributed by atoms with Gasteiger partial charge in [-0.3, -0.25) is 4.79 Å². The van der Waals surface area contributed by atoms with Crippen LogP contribution >= 0.6 is 62.1 Å². The van der Waals surface area contributed by atoms with Crippen LogP contribution in [0.5, 0.6) is 0 Å². The summed E-state index contributed by atoms with van der Waals surface area (Å²) in [6.45, 7) is 0. The van der Waals surface area contributed by atoms with Crippen molar-refractivity contribution in [1.29, 1.82) is 0 Å². The fourth-order valence-electron chi connectivity index (χ4n) is 1.27. The van der Waals surface area contributed by atoms with Crippen molar-refractivity contribution in [2.75, 3.05) is 5.32 Å². The van der Waals surface area contributed by atoms with Crippen LogP contribution in [-0.2, 0) is 0 Å². The number of hydrogen-bond acceptors (Lipinski definition) is 2. The molecule has 2 nitrogen and oxygen atoms in total. The molecule has 2 rings (SSSR count). The van der Waals surface area contributed by atoms with Gasteiger partial charge in [0.2, 0.25) is 0 Å². The van der Waals surface area contributed by atoms with Crippen molar-refractivity contribution < 1.29 is 4.79 Å². The molecule has 0 aliphatic rings. The van der Waals surface area contributed by atoms with E-state index in [4.69, 9.17) is 34.8 Å². The van der Waals surface area contributed by atoms with Crippen molar-refractivity contribution in [2.24, 2.45) is 0 Å². The van der Waals surface area contributed by atoms with Crippen molar-refractivity contribution in [3.63, 3.8) is 0 Å². The third-order valence-corrected chi connectivity index (χ3v) is 4.80. The monoisotopic (exact) mass is 383 g/mol. The van der Waals surface area contributed by atoms with Crippen LogP contribution in [0.3, 0.4) is 0 Å². The number of anilines is 1. The van der Waals surface area contributed by atoms with Crippen molar-refractivity contribution in [3.05, 3.63) is 48.0 Å². The van der Waals surface area contributed by atoms with E-state index in [-0.39, 0.29) is 5.91 Å². The summed E-state index contributed by atoms with van der Waals surface area (Å²) in [6, 6.07) is 6.66. The Morgan fingerprint density at radius 2 is 1.94 bits per heavy atom. The SMILES string of the molecule is O=C(Nc1ccc(Br)c(Cl)c1)c1cc(Cl)sc1Cl. The van der Waals surface area contributed by atoms with E-state index in [1.54, 1.807) is 18.2 Å². The highest BCUT2D eigenvalue weighted by atomic mass is 79.9. The number of thiophene rings is 1. The van der Waals surface area contributed by atoms with Gasteiger partial charge in [-0.15, -0.1) is 11.3 Å². The lowest BCUT2D eigenvalue weighted by Crippen LogP contribution is -2.11. The molecule has 0 radical (unpaired) electrons. The molecule has 0 spiro atoms. The smallest absolute Gasteiger partial charge is 0.258 e. The summed E-state index contributed by atoms with van der Waals surface area (Å²) in [5.41, 5.74) is 0.942. The number of nitrogens with one attached hydrogen (secondary N) is 1. The predicted molar refractivity (Wildman–Crippen MR) is 81.4 cm³/mol. The fourth-order valence-corrected chi connectivity index (χ4v) is 3.15. The lowest BCUT2D eigenvalue weighted by molar-refractivity contribution is 0.102. The second kappa shape index (κ2) is 5.80. The van der Waals surface area contributed by atoms with E-state index >= 15 is 0 Å². The van der Waals surface area contributed by atoms with Gasteiger partial charge in [0.1, 0.15) is 4.34 Å². The number of hydrogen-bond donors (Lipinski definition) is 1. The summed E-state index contributed by atoms with van der Waals surface area (Å²) >= 11 is 22.0. The molecular formula is C11H5BrCl3NOS. The summed E-state index contributed by atoms with van der Waals surface area (Å²) in [5, 5.41) is 3.22. The molecular weight excluding hydrogens is 380 g/mol. The highest BCUT2D eigenvalue weighted by Crippen LogP contribution is 2.32. The average molecular weight is 385 g/mol. The Morgan fingerprint density at radius 3 is 2.50 bits per heavy atom. The van der Waals surface area contributed by atoms with Gasteiger partial charge >= 0.3 is 0 Å². The van der Waals surface area contributed by atoms with Gasteiger partial charge in [-0.2, -0.15) is 0 Å². The highest BCUT2D eigenvalue weighted by Gasteiger charge is 2.14. The van der Waals surface area contributed by atoms with Crippen LogP contribution in [-0.4, -0.2) is 5.91 Å². The fraction of sp³-hybridized carbons (Fsp3) is 0. The van der Waals surface area contributed by atoms with Gasteiger partial charge in [0.25, 0.3) is 5.91 Å². The molecule has 0 fully saturated rings. The first-order valence-corrected chi connectivity index (χ1v) is 7.43. The van der Waals surface area contributed by atoms with Crippen molar-refractivity contribution >= 4 is 73.7 Å². The number of amides is 1. The Morgan fingerprint density at radius 1 is 1.22 bits per heavy atom. The topological polar surface area (TPSA) is 29.1 Å². The summed E-state index contributed by atoms with van der Waals surface area (Å²) in [6.07, 6.45) is 0. The van der Waals surface area contributed by atoms with Gasteiger partial charge in [-0.25, -0.2) is 0 Å². The minimum atomic E-state index is -0.318. The Balaban J connectivity index is 2.21. The van der Waals surface area contributed by atoms with E-state index in [0.29, 0.717) is 24.9 Å². The van der Waals surface area contributed by atoms with Gasteiger partial charge < -0.3 is 5.32 Å². The second-order valence-corrected chi connectivity index (χ2v) is 6.87. The van der Waals surface area contributed by atoms with Gasteiger partial charge in [-0.1, -0.05) is 34.8 Å². The largest absolute Gasteiger partial charge is 0.322 e. The zero-order chi connectivity index (χ0) is 13.3. The van der Waals surface area contributed by atoms with E-state index in [2.05, 4.69) is 21.2 Å². The minimum Gasteiger partial charge on any atom is -0.322 e. The van der Waals surface area contributed by atoms with Crippen LogP contribution < -0.4 is 5.32 Å². The molecule has 1 heterocycles. The molecule has 94 valence electrons. The van der Waals surface area contributed by atoms with Crippen LogP contribution in [0.1, 0.15) is 10.4 Å². The highest BCUT2D eigenvalue weighted by molar-refractivity contribution is 9.10. The number of carbonyl (C=O) groups excluding carboxylic acids is 1. The summed E-state index contributed by atoms with van der Waals surface area (Å²) < 4.78 is 1.60. The molecule has 0 saturated heterocycles. The van der Waals surface area contributed by atoms with Crippen LogP contribution in [0.25, 0.3) is 0 Å². The van der Waals surface area contributed by atoms with E-state index in [0.717, 1.165) is 15.8 Å². The lowest BCUT2D eigenvalue weighted by Gasteiger charge is -2.05. The van der Waals surface area contributed by atoms with Gasteiger partial charge in [0, 0.05) is 10.2 Å². The Labute approximate surface area is 131 Å². The maximum Gasteiger partial charge on any atom is 0.258 e. The van der Waals surface area contributed by atoms with Crippen molar-refractivity contribution in [1.82, 2.24) is 0 Å². The van der Waals surface area contributed by atoms with E-state index in [1.165, 1.54) is 6.07 Å². The number of rotatable bonds is 2. The van der Waals surface area contributed by atoms with Crippen LogP contribution in [0.2, 0.25) is 13.7 Å². The average Bonchev–Trinajstić information content (AvgIpc) is 2.63. The van der Waals surface area contributed by atoms with E-state index < -0.39 is 0 Å². The van der Waals surface area contributed by atoms with E-state index in [9.17, 15) is 4.79 Å². The first kappa shape index (κ1) is 14.2. The molecule has 1 aromatic carbocycles. The molecule has 0 atom stereocenters. The first-order chi connectivity index (χ1) is 8.47. The summed E-state index contributed by atoms with van der Waals surface area (Å²) in [7, 11) is 0. The van der Waals surface area contributed by atoms with Crippen LogP contribution in [0.15, 0.2) is 28.7 Å². The summed E-state index contributed by atoms with van der Waals surface area (Å²) in [4.78, 5) is 11.9. The predicted octanol–water partition coefficient (Wildman–Crippen LogP) is 5.72. The third kappa shape index (κ3) is 3.19. The molecule has 2 aromatic rings. The van der Waals surface area contributed by atoms with Gasteiger partial charge in [-0.05, 0) is 40.2 Å². The van der Waals surface area contributed by atoms with Gasteiger partial charge in [0.05, 0.1) is 14.9 Å². The first-order valence-electron chi connectivity index (χ1n) is 4.68. The molecule has 0 bridgehead atoms. The quantitative estimate of drug-likeness (QED) is 0.703. The molecule has 0 unspecified atom stereocenters. The maximum atomic E-state index is 11.9. The molecule has 0 aliphatic carbocycles. The molecule has 18 heavy (non-hydrogen) atoms. The Bertz CT molecular complexity index is 614. The van der Waals surface area contributed by atoms with Crippen molar-refractivity contribution in [2.45, 2.75) is 0 Å². The number of carbonyl (C=O) groups is 1. The molecule has 1 N–H and O–H groups in total. The molecule has 1 amide bonds. The molecule has 0 aliphatic heterocycles. The van der Waals surface area contributed by atoms with E-state index in [1.807, 2.05) is 0 Å². The molecule has 1 aromatic heterocycles. The zero-order valence-electron chi connectivity index (χ0n) is 8.64. The third-order valence-electron chi connectivity index (χ3n) is 2.08. The Kier molecular flexibility index (Phi) is 4.56. The standard InChI is InChI=1S/C11H5BrCl3NOS/c12-7-2-1-5(3-8(7)13)16-11(17)6-4-9(14)18-10(6)15/h1-4H,(H,16,17).